The van der Waals surface area contributed by atoms with E-state index >= 15 is 0 Å². The van der Waals surface area contributed by atoms with Crippen LogP contribution in [0.25, 0.3) is 0 Å². The van der Waals surface area contributed by atoms with E-state index < -0.39 is 0 Å². The Kier molecular flexibility index (Phi) is 4.91. The van der Waals surface area contributed by atoms with Crippen LogP contribution in [0.15, 0.2) is 12.2 Å². The number of rotatable bonds is 4. The van der Waals surface area contributed by atoms with E-state index in [0.717, 1.165) is 18.6 Å². The Hall–Kier alpha value is -0.590. The van der Waals surface area contributed by atoms with E-state index in [9.17, 15) is 0 Å². The van der Waals surface area contributed by atoms with E-state index in [1.165, 1.54) is 0 Å². The van der Waals surface area contributed by atoms with Crippen LogP contribution in [-0.4, -0.2) is 5.71 Å². The molecular formula is C9H17N. The van der Waals surface area contributed by atoms with Crippen LogP contribution in [0, 0.1) is 11.3 Å². The number of hydrogen-bond donors (Lipinski definition) is 1. The van der Waals surface area contributed by atoms with Gasteiger partial charge in [0.15, 0.2) is 0 Å². The summed E-state index contributed by atoms with van der Waals surface area (Å²) in [6, 6.07) is 0. The Balaban J connectivity index is 3.48. The normalized spacial score (nSPS) is 13.9. The second kappa shape index (κ2) is 5.21. The highest BCUT2D eigenvalue weighted by Gasteiger charge is 1.99. The second-order valence-electron chi connectivity index (χ2n) is 2.70. The van der Waals surface area contributed by atoms with Crippen LogP contribution in [-0.2, 0) is 0 Å². The molecule has 1 N–H and O–H groups in total. The molecule has 1 atom stereocenters. The third kappa shape index (κ3) is 4.30. The molecule has 0 aliphatic rings. The summed E-state index contributed by atoms with van der Waals surface area (Å²) in [5.74, 6) is 0.419. The van der Waals surface area contributed by atoms with E-state index in [2.05, 4.69) is 26.0 Å². The highest BCUT2D eigenvalue weighted by molar-refractivity contribution is 5.80. The standard InChI is InChI=1S/C9H17N/c1-4-5-6-7-8(2)9(3)10/h5-6,8,10H,4,7H2,1-3H3. The van der Waals surface area contributed by atoms with Gasteiger partial charge in [0.2, 0.25) is 0 Å². The Labute approximate surface area is 63.7 Å². The molecule has 0 aromatic rings. The van der Waals surface area contributed by atoms with Crippen LogP contribution in [0.3, 0.4) is 0 Å². The lowest BCUT2D eigenvalue weighted by Gasteiger charge is -2.03. The molecular weight excluding hydrogens is 122 g/mol. The van der Waals surface area contributed by atoms with Crippen molar-refractivity contribution in [2.45, 2.75) is 33.6 Å². The van der Waals surface area contributed by atoms with Gasteiger partial charge < -0.3 is 5.41 Å². The number of hydrogen-bond acceptors (Lipinski definition) is 1. The first-order valence-corrected chi connectivity index (χ1v) is 3.88. The average molecular weight is 139 g/mol. The monoisotopic (exact) mass is 139 g/mol. The van der Waals surface area contributed by atoms with Crippen molar-refractivity contribution in [3.63, 3.8) is 0 Å². The predicted octanol–water partition coefficient (Wildman–Crippen LogP) is 3.02. The molecule has 0 bridgehead atoms. The second-order valence-corrected chi connectivity index (χ2v) is 2.70. The van der Waals surface area contributed by atoms with Gasteiger partial charge in [-0.2, -0.15) is 0 Å². The van der Waals surface area contributed by atoms with Crippen LogP contribution < -0.4 is 0 Å². The van der Waals surface area contributed by atoms with E-state index in [-0.39, 0.29) is 0 Å². The maximum Gasteiger partial charge on any atom is 0.00894 e. The molecule has 1 heteroatoms. The molecule has 0 radical (unpaired) electrons. The summed E-state index contributed by atoms with van der Waals surface area (Å²) in [6.07, 6.45) is 6.43. The van der Waals surface area contributed by atoms with Crippen molar-refractivity contribution < 1.29 is 0 Å². The van der Waals surface area contributed by atoms with Gasteiger partial charge in [0.05, 0.1) is 0 Å². The van der Waals surface area contributed by atoms with Gasteiger partial charge >= 0.3 is 0 Å². The first-order chi connectivity index (χ1) is 4.68. The zero-order valence-corrected chi connectivity index (χ0v) is 7.15. The molecule has 58 valence electrons. The smallest absolute Gasteiger partial charge is 0.00894 e. The number of allylic oxidation sites excluding steroid dienone is 2. The summed E-state index contributed by atoms with van der Waals surface area (Å²) in [4.78, 5) is 0. The minimum Gasteiger partial charge on any atom is -0.310 e. The molecule has 0 aromatic heterocycles. The van der Waals surface area contributed by atoms with Crippen molar-refractivity contribution in [2.75, 3.05) is 0 Å². The van der Waals surface area contributed by atoms with Gasteiger partial charge in [-0.15, -0.1) is 0 Å². The molecule has 10 heavy (non-hydrogen) atoms. The van der Waals surface area contributed by atoms with Gasteiger partial charge in [-0.05, 0) is 25.7 Å². The van der Waals surface area contributed by atoms with Crippen LogP contribution in [0.2, 0.25) is 0 Å². The van der Waals surface area contributed by atoms with Crippen molar-refractivity contribution in [2.24, 2.45) is 5.92 Å². The summed E-state index contributed by atoms with van der Waals surface area (Å²) in [5, 5.41) is 7.30. The maximum atomic E-state index is 7.30. The van der Waals surface area contributed by atoms with Crippen molar-refractivity contribution >= 4 is 5.71 Å². The molecule has 0 aromatic carbocycles. The van der Waals surface area contributed by atoms with Crippen molar-refractivity contribution in [1.29, 1.82) is 5.41 Å². The summed E-state index contributed by atoms with van der Waals surface area (Å²) in [7, 11) is 0. The number of nitrogens with one attached hydrogen (secondary N) is 1. The van der Waals surface area contributed by atoms with E-state index in [0.29, 0.717) is 5.92 Å². The Morgan fingerprint density at radius 1 is 1.50 bits per heavy atom. The lowest BCUT2D eigenvalue weighted by molar-refractivity contribution is 0.778. The zero-order chi connectivity index (χ0) is 7.98. The molecule has 0 aliphatic heterocycles. The minimum atomic E-state index is 0.419. The summed E-state index contributed by atoms with van der Waals surface area (Å²) in [6.45, 7) is 6.07. The minimum absolute atomic E-state index is 0.419. The lowest BCUT2D eigenvalue weighted by atomic mass is 10.0. The summed E-state index contributed by atoms with van der Waals surface area (Å²) < 4.78 is 0. The Morgan fingerprint density at radius 3 is 2.50 bits per heavy atom. The highest BCUT2D eigenvalue weighted by atomic mass is 14.4. The largest absolute Gasteiger partial charge is 0.310 e. The van der Waals surface area contributed by atoms with Gasteiger partial charge in [0, 0.05) is 5.71 Å². The van der Waals surface area contributed by atoms with Crippen LogP contribution in [0.1, 0.15) is 33.6 Å². The van der Waals surface area contributed by atoms with Gasteiger partial charge in [-0.1, -0.05) is 26.0 Å². The molecule has 0 saturated carbocycles. The first kappa shape index (κ1) is 9.41. The average Bonchev–Trinajstić information content (AvgIpc) is 1.88. The highest BCUT2D eigenvalue weighted by Crippen LogP contribution is 2.03. The Bertz CT molecular complexity index is 125. The van der Waals surface area contributed by atoms with Gasteiger partial charge in [-0.25, -0.2) is 0 Å². The fraction of sp³-hybridized carbons (Fsp3) is 0.667. The molecule has 0 aliphatic carbocycles. The summed E-state index contributed by atoms with van der Waals surface area (Å²) in [5.41, 5.74) is 0.778. The van der Waals surface area contributed by atoms with Gasteiger partial charge in [0.1, 0.15) is 0 Å². The third-order valence-corrected chi connectivity index (χ3v) is 1.63. The molecule has 0 fully saturated rings. The fourth-order valence-electron chi connectivity index (χ4n) is 0.644. The van der Waals surface area contributed by atoms with Crippen molar-refractivity contribution in [1.82, 2.24) is 0 Å². The predicted molar refractivity (Wildman–Crippen MR) is 46.6 cm³/mol. The zero-order valence-electron chi connectivity index (χ0n) is 7.15. The molecule has 1 unspecified atom stereocenters. The van der Waals surface area contributed by atoms with E-state index in [4.69, 9.17) is 5.41 Å². The fourth-order valence-corrected chi connectivity index (χ4v) is 0.644. The SMILES string of the molecule is CCC=CCC(C)C(C)=N. The third-order valence-electron chi connectivity index (χ3n) is 1.63. The van der Waals surface area contributed by atoms with Crippen LogP contribution >= 0.6 is 0 Å². The van der Waals surface area contributed by atoms with Crippen LogP contribution in [0.4, 0.5) is 0 Å². The maximum absolute atomic E-state index is 7.30. The first-order valence-electron chi connectivity index (χ1n) is 3.88. The lowest BCUT2D eigenvalue weighted by Crippen LogP contribution is -2.02. The van der Waals surface area contributed by atoms with Crippen LogP contribution in [0.5, 0.6) is 0 Å². The van der Waals surface area contributed by atoms with Crippen molar-refractivity contribution in [3.8, 4) is 0 Å². The molecule has 0 heterocycles. The van der Waals surface area contributed by atoms with E-state index in [1.807, 2.05) is 6.92 Å². The van der Waals surface area contributed by atoms with Gasteiger partial charge in [0.25, 0.3) is 0 Å². The molecule has 0 saturated heterocycles. The summed E-state index contributed by atoms with van der Waals surface area (Å²) >= 11 is 0. The molecule has 0 amide bonds. The van der Waals surface area contributed by atoms with E-state index in [1.54, 1.807) is 0 Å². The molecule has 0 rings (SSSR count). The molecule has 1 nitrogen and oxygen atoms in total. The van der Waals surface area contributed by atoms with Crippen molar-refractivity contribution in [3.05, 3.63) is 12.2 Å². The quantitative estimate of drug-likeness (QED) is 0.457. The molecule has 0 spiro atoms. The topological polar surface area (TPSA) is 23.9 Å². The van der Waals surface area contributed by atoms with Gasteiger partial charge in [-0.3, -0.25) is 0 Å². The Morgan fingerprint density at radius 2 is 2.10 bits per heavy atom.